The number of benzene rings is 1. The molecule has 6 heteroatoms. The van der Waals surface area contributed by atoms with Gasteiger partial charge in [0.05, 0.1) is 11.1 Å². The first-order valence-electron chi connectivity index (χ1n) is 7.91. The number of nitrogens with zero attached hydrogens (tertiary/aromatic N) is 1. The van der Waals surface area contributed by atoms with E-state index >= 15 is 0 Å². The molecule has 1 aliphatic rings. The molecule has 0 unspecified atom stereocenters. The third-order valence-corrected chi connectivity index (χ3v) is 4.87. The van der Waals surface area contributed by atoms with Gasteiger partial charge in [-0.25, -0.2) is 0 Å². The van der Waals surface area contributed by atoms with Gasteiger partial charge in [0.25, 0.3) is 11.8 Å². The van der Waals surface area contributed by atoms with E-state index in [2.05, 4.69) is 5.32 Å². The first-order valence-corrected chi connectivity index (χ1v) is 8.79. The number of carbonyl (C=O) groups excluding carboxylic acids is 3. The van der Waals surface area contributed by atoms with Gasteiger partial charge in [0.1, 0.15) is 0 Å². The molecular formula is C18H18N2O3S. The largest absolute Gasteiger partial charge is 0.356 e. The number of thiophene rings is 1. The van der Waals surface area contributed by atoms with Crippen molar-refractivity contribution in [2.75, 3.05) is 13.1 Å². The third-order valence-electron chi connectivity index (χ3n) is 3.94. The zero-order valence-electron chi connectivity index (χ0n) is 13.2. The summed E-state index contributed by atoms with van der Waals surface area (Å²) in [6.07, 6.45) is 1.59. The molecule has 0 spiro atoms. The van der Waals surface area contributed by atoms with Gasteiger partial charge in [0, 0.05) is 24.4 Å². The van der Waals surface area contributed by atoms with Crippen LogP contribution in [0.5, 0.6) is 0 Å². The zero-order chi connectivity index (χ0) is 16.9. The topological polar surface area (TPSA) is 66.5 Å². The van der Waals surface area contributed by atoms with Crippen LogP contribution < -0.4 is 5.32 Å². The number of carbonyl (C=O) groups is 3. The van der Waals surface area contributed by atoms with Gasteiger partial charge in [-0.15, -0.1) is 11.3 Å². The van der Waals surface area contributed by atoms with Gasteiger partial charge in [-0.1, -0.05) is 18.2 Å². The van der Waals surface area contributed by atoms with Crippen LogP contribution in [0.4, 0.5) is 0 Å². The molecule has 2 aromatic rings. The molecule has 0 bridgehead atoms. The molecule has 0 aliphatic carbocycles. The van der Waals surface area contributed by atoms with Crippen molar-refractivity contribution in [3.05, 3.63) is 57.8 Å². The molecule has 5 nitrogen and oxygen atoms in total. The lowest BCUT2D eigenvalue weighted by Gasteiger charge is -2.13. The number of imide groups is 1. The first kappa shape index (κ1) is 16.4. The van der Waals surface area contributed by atoms with Crippen molar-refractivity contribution in [1.29, 1.82) is 0 Å². The molecule has 124 valence electrons. The Balaban J connectivity index is 1.41. The van der Waals surface area contributed by atoms with Crippen LogP contribution in [0, 0.1) is 0 Å². The smallest absolute Gasteiger partial charge is 0.261 e. The Kier molecular flexibility index (Phi) is 5.05. The molecule has 1 aromatic heterocycles. The van der Waals surface area contributed by atoms with Crippen molar-refractivity contribution in [2.45, 2.75) is 19.3 Å². The molecule has 1 aliphatic heterocycles. The number of hydrogen-bond donors (Lipinski definition) is 1. The molecule has 3 amide bonds. The third kappa shape index (κ3) is 3.54. The van der Waals surface area contributed by atoms with E-state index in [1.165, 1.54) is 9.78 Å². The van der Waals surface area contributed by atoms with E-state index in [0.717, 1.165) is 6.42 Å². The van der Waals surface area contributed by atoms with Crippen LogP contribution in [0.1, 0.15) is 38.4 Å². The molecule has 0 saturated carbocycles. The van der Waals surface area contributed by atoms with Crippen molar-refractivity contribution >= 4 is 29.1 Å². The quantitative estimate of drug-likeness (QED) is 0.786. The van der Waals surface area contributed by atoms with Gasteiger partial charge in [-0.2, -0.15) is 0 Å². The normalized spacial score (nSPS) is 13.2. The fraction of sp³-hybridized carbons (Fsp3) is 0.278. The molecular weight excluding hydrogens is 324 g/mol. The fourth-order valence-electron chi connectivity index (χ4n) is 2.71. The Labute approximate surface area is 144 Å². The van der Waals surface area contributed by atoms with Gasteiger partial charge in [-0.05, 0) is 36.4 Å². The molecule has 2 heterocycles. The number of rotatable bonds is 7. The minimum absolute atomic E-state index is 0.0526. The van der Waals surface area contributed by atoms with Crippen LogP contribution in [-0.2, 0) is 11.2 Å². The minimum Gasteiger partial charge on any atom is -0.356 e. The summed E-state index contributed by atoms with van der Waals surface area (Å²) < 4.78 is 0. The van der Waals surface area contributed by atoms with Crippen LogP contribution >= 0.6 is 11.3 Å². The Morgan fingerprint density at radius 1 is 1.04 bits per heavy atom. The van der Waals surface area contributed by atoms with Crippen LogP contribution in [0.25, 0.3) is 0 Å². The minimum atomic E-state index is -0.270. The lowest BCUT2D eigenvalue weighted by Crippen LogP contribution is -2.32. The van der Waals surface area contributed by atoms with Crippen molar-refractivity contribution in [2.24, 2.45) is 0 Å². The average molecular weight is 342 g/mol. The highest BCUT2D eigenvalue weighted by Gasteiger charge is 2.34. The summed E-state index contributed by atoms with van der Waals surface area (Å²) in [6, 6.07) is 10.8. The van der Waals surface area contributed by atoms with Crippen molar-refractivity contribution in [3.8, 4) is 0 Å². The van der Waals surface area contributed by atoms with E-state index < -0.39 is 0 Å². The predicted molar refractivity (Wildman–Crippen MR) is 92.1 cm³/mol. The van der Waals surface area contributed by atoms with Crippen LogP contribution in [0.3, 0.4) is 0 Å². The number of amides is 3. The molecule has 24 heavy (non-hydrogen) atoms. The molecule has 0 radical (unpaired) electrons. The van der Waals surface area contributed by atoms with Crippen LogP contribution in [0.2, 0.25) is 0 Å². The first-order chi connectivity index (χ1) is 11.7. The summed E-state index contributed by atoms with van der Waals surface area (Å²) in [7, 11) is 0. The van der Waals surface area contributed by atoms with Gasteiger partial charge in [0.2, 0.25) is 5.91 Å². The lowest BCUT2D eigenvalue weighted by molar-refractivity contribution is -0.121. The van der Waals surface area contributed by atoms with Crippen LogP contribution in [0.15, 0.2) is 41.8 Å². The molecule has 3 rings (SSSR count). The average Bonchev–Trinajstić information content (AvgIpc) is 3.18. The maximum Gasteiger partial charge on any atom is 0.261 e. The monoisotopic (exact) mass is 342 g/mol. The predicted octanol–water partition coefficient (Wildman–Crippen LogP) is 2.48. The number of hydrogen-bond acceptors (Lipinski definition) is 4. The fourth-order valence-corrected chi connectivity index (χ4v) is 3.42. The second kappa shape index (κ2) is 7.40. The summed E-state index contributed by atoms with van der Waals surface area (Å²) in [5.41, 5.74) is 0.894. The molecule has 1 aromatic carbocycles. The highest BCUT2D eigenvalue weighted by atomic mass is 32.1. The Bertz CT molecular complexity index is 720. The molecule has 1 N–H and O–H groups in total. The standard InChI is InChI=1S/C18H18N2O3S/c21-16(19-10-9-13-5-4-12-24-13)8-3-11-20-17(22)14-6-1-2-7-15(14)18(20)23/h1-2,4-7,12H,3,8-11H2,(H,19,21). The highest BCUT2D eigenvalue weighted by Crippen LogP contribution is 2.22. The van der Waals surface area contributed by atoms with E-state index in [-0.39, 0.29) is 24.3 Å². The molecule has 0 fully saturated rings. The van der Waals surface area contributed by atoms with E-state index in [1.54, 1.807) is 35.6 Å². The SMILES string of the molecule is O=C(CCCN1C(=O)c2ccccc2C1=O)NCCc1cccs1. The zero-order valence-corrected chi connectivity index (χ0v) is 14.0. The van der Waals surface area contributed by atoms with Crippen LogP contribution in [-0.4, -0.2) is 35.7 Å². The van der Waals surface area contributed by atoms with Gasteiger partial charge < -0.3 is 5.32 Å². The molecule has 0 atom stereocenters. The second-order valence-corrected chi connectivity index (χ2v) is 6.62. The van der Waals surface area contributed by atoms with Gasteiger partial charge >= 0.3 is 0 Å². The van der Waals surface area contributed by atoms with Gasteiger partial charge in [-0.3, -0.25) is 19.3 Å². The summed E-state index contributed by atoms with van der Waals surface area (Å²) in [4.78, 5) is 38.7. The van der Waals surface area contributed by atoms with Gasteiger partial charge in [0.15, 0.2) is 0 Å². The van der Waals surface area contributed by atoms with E-state index in [0.29, 0.717) is 30.5 Å². The second-order valence-electron chi connectivity index (χ2n) is 5.59. The lowest BCUT2D eigenvalue weighted by atomic mass is 10.1. The van der Waals surface area contributed by atoms with E-state index in [9.17, 15) is 14.4 Å². The summed E-state index contributed by atoms with van der Waals surface area (Å²) in [5, 5.41) is 4.88. The number of nitrogens with one attached hydrogen (secondary N) is 1. The Morgan fingerprint density at radius 2 is 1.75 bits per heavy atom. The molecule has 0 saturated heterocycles. The highest BCUT2D eigenvalue weighted by molar-refractivity contribution is 7.09. The summed E-state index contributed by atoms with van der Waals surface area (Å²) in [5.74, 6) is -0.592. The van der Waals surface area contributed by atoms with Crippen molar-refractivity contribution in [1.82, 2.24) is 10.2 Å². The Morgan fingerprint density at radius 3 is 2.38 bits per heavy atom. The maximum absolute atomic E-state index is 12.2. The van der Waals surface area contributed by atoms with E-state index in [4.69, 9.17) is 0 Å². The maximum atomic E-state index is 12.2. The summed E-state index contributed by atoms with van der Waals surface area (Å²) >= 11 is 1.67. The Hall–Kier alpha value is -2.47. The summed E-state index contributed by atoms with van der Waals surface area (Å²) in [6.45, 7) is 0.872. The van der Waals surface area contributed by atoms with Crippen molar-refractivity contribution in [3.63, 3.8) is 0 Å². The number of fused-ring (bicyclic) bond motifs is 1. The van der Waals surface area contributed by atoms with Crippen molar-refractivity contribution < 1.29 is 14.4 Å². The van der Waals surface area contributed by atoms with E-state index in [1.807, 2.05) is 17.5 Å².